The van der Waals surface area contributed by atoms with Gasteiger partial charge in [0.15, 0.2) is 11.9 Å². The van der Waals surface area contributed by atoms with Gasteiger partial charge in [-0.2, -0.15) is 0 Å². The maximum atomic E-state index is 12.2. The summed E-state index contributed by atoms with van der Waals surface area (Å²) in [4.78, 5) is 24.3. The van der Waals surface area contributed by atoms with Crippen LogP contribution in [0.25, 0.3) is 0 Å². The van der Waals surface area contributed by atoms with Crippen molar-refractivity contribution in [3.8, 4) is 5.75 Å². The lowest BCUT2D eigenvalue weighted by Gasteiger charge is -2.13. The summed E-state index contributed by atoms with van der Waals surface area (Å²) < 4.78 is 44.7. The molecule has 20 heavy (non-hydrogen) atoms. The molecule has 0 aliphatic heterocycles. The summed E-state index contributed by atoms with van der Waals surface area (Å²) in [5.74, 6) is -2.29. The normalized spacial score (nSPS) is 11.1. The molecule has 1 aromatic heterocycles. The van der Waals surface area contributed by atoms with Crippen LogP contribution < -0.4 is 4.74 Å². The second-order valence-corrected chi connectivity index (χ2v) is 3.61. The zero-order valence-electron chi connectivity index (χ0n) is 10.4. The molecule has 1 heterocycles. The fraction of sp³-hybridized carbons (Fsp3) is 0.400. The smallest absolute Gasteiger partial charge is 0.469 e. The average molecular weight is 294 g/mol. The number of halogens is 3. The topological polar surface area (TPSA) is 91.6 Å². The molecule has 0 saturated carbocycles. The number of hydrogen-bond donors (Lipinski definition) is 0. The molecule has 0 spiro atoms. The van der Waals surface area contributed by atoms with E-state index in [9.17, 15) is 28.1 Å². The second kappa shape index (κ2) is 5.72. The zero-order valence-corrected chi connectivity index (χ0v) is 10.4. The number of methoxy groups -OCH3 is 1. The molecule has 7 nitrogen and oxygen atoms in total. The third-order valence-electron chi connectivity index (χ3n) is 2.34. The Hall–Kier alpha value is -2.39. The number of hydrogen-bond acceptors (Lipinski definition) is 6. The van der Waals surface area contributed by atoms with Gasteiger partial charge in [-0.15, -0.1) is 13.2 Å². The van der Waals surface area contributed by atoms with Gasteiger partial charge in [-0.05, 0) is 16.8 Å². The monoisotopic (exact) mass is 294 g/mol. The highest BCUT2D eigenvalue weighted by Crippen LogP contribution is 2.31. The van der Waals surface area contributed by atoms with Gasteiger partial charge in [-0.1, -0.05) is 0 Å². The molecular weight excluding hydrogens is 285 g/mol. The highest BCUT2D eigenvalue weighted by Gasteiger charge is 2.34. The van der Waals surface area contributed by atoms with Crippen LogP contribution in [-0.2, 0) is 16.0 Å². The fourth-order valence-electron chi connectivity index (χ4n) is 1.45. The summed E-state index contributed by atoms with van der Waals surface area (Å²) >= 11 is 0. The van der Waals surface area contributed by atoms with Gasteiger partial charge in [0.05, 0.1) is 19.1 Å². The molecular formula is C10H9F3N2O5. The number of rotatable bonds is 4. The summed E-state index contributed by atoms with van der Waals surface area (Å²) in [7, 11) is 1.04. The molecule has 0 fully saturated rings. The first kappa shape index (κ1) is 15.7. The van der Waals surface area contributed by atoms with Gasteiger partial charge < -0.3 is 19.6 Å². The number of aromatic nitrogens is 1. The summed E-state index contributed by atoms with van der Waals surface area (Å²) in [6.07, 6.45) is -5.05. The molecule has 1 aromatic rings. The number of carbonyl (C=O) groups excluding carboxylic acids is 1. The Labute approximate surface area is 110 Å². The molecule has 0 aliphatic carbocycles. The minimum absolute atomic E-state index is 0.192. The van der Waals surface area contributed by atoms with Crippen molar-refractivity contribution in [1.29, 1.82) is 0 Å². The second-order valence-electron chi connectivity index (χ2n) is 3.61. The lowest BCUT2D eigenvalue weighted by atomic mass is 10.1. The highest BCUT2D eigenvalue weighted by molar-refractivity contribution is 5.74. The van der Waals surface area contributed by atoms with Crippen LogP contribution in [0.3, 0.4) is 0 Å². The van der Waals surface area contributed by atoms with Crippen molar-refractivity contribution in [2.24, 2.45) is 0 Å². The molecule has 0 aromatic carbocycles. The number of ether oxygens (including phenoxy) is 2. The van der Waals surface area contributed by atoms with E-state index in [0.717, 1.165) is 7.11 Å². The largest absolute Gasteiger partial charge is 0.573 e. The number of nitro groups is 1. The first-order valence-corrected chi connectivity index (χ1v) is 5.11. The third-order valence-corrected chi connectivity index (χ3v) is 2.34. The zero-order chi connectivity index (χ0) is 15.5. The van der Waals surface area contributed by atoms with Gasteiger partial charge in [0.1, 0.15) is 0 Å². The fourth-order valence-corrected chi connectivity index (χ4v) is 1.45. The predicted octanol–water partition coefficient (Wildman–Crippen LogP) is 1.91. The Kier molecular flexibility index (Phi) is 4.48. The molecule has 0 saturated heterocycles. The first-order valence-electron chi connectivity index (χ1n) is 5.11. The van der Waals surface area contributed by atoms with Gasteiger partial charge in [0.2, 0.25) is 0 Å². The molecule has 1 rings (SSSR count). The molecule has 0 aliphatic rings. The average Bonchev–Trinajstić information content (AvgIpc) is 2.31. The van der Waals surface area contributed by atoms with Crippen LogP contribution in [0.15, 0.2) is 6.20 Å². The van der Waals surface area contributed by atoms with E-state index >= 15 is 0 Å². The van der Waals surface area contributed by atoms with Crippen LogP contribution in [0.2, 0.25) is 0 Å². The molecule has 0 bridgehead atoms. The Morgan fingerprint density at radius 3 is 2.55 bits per heavy atom. The summed E-state index contributed by atoms with van der Waals surface area (Å²) in [5, 5.41) is 10.7. The summed E-state index contributed by atoms with van der Waals surface area (Å²) in [6.45, 7) is 1.17. The Morgan fingerprint density at radius 2 is 2.10 bits per heavy atom. The molecule has 110 valence electrons. The molecule has 0 amide bonds. The number of esters is 1. The first-order chi connectivity index (χ1) is 9.15. The molecule has 10 heteroatoms. The summed E-state index contributed by atoms with van der Waals surface area (Å²) in [6, 6.07) is 0. The number of nitrogens with zero attached hydrogens (tertiary/aromatic N) is 2. The maximum Gasteiger partial charge on any atom is 0.573 e. The molecule has 0 unspecified atom stereocenters. The molecule has 0 radical (unpaired) electrons. The van der Waals surface area contributed by atoms with Crippen molar-refractivity contribution < 1.29 is 32.4 Å². The third kappa shape index (κ3) is 3.80. The minimum Gasteiger partial charge on any atom is -0.469 e. The maximum absolute atomic E-state index is 12.2. The predicted molar refractivity (Wildman–Crippen MR) is 58.0 cm³/mol. The van der Waals surface area contributed by atoms with Gasteiger partial charge >= 0.3 is 18.1 Å². The number of alkyl halides is 3. The number of carbonyl (C=O) groups is 1. The van der Waals surface area contributed by atoms with Gasteiger partial charge in [0, 0.05) is 5.56 Å². The van der Waals surface area contributed by atoms with Gasteiger partial charge in [-0.25, -0.2) is 0 Å². The van der Waals surface area contributed by atoms with E-state index in [1.165, 1.54) is 6.92 Å². The van der Waals surface area contributed by atoms with Crippen molar-refractivity contribution in [2.45, 2.75) is 19.7 Å². The SMILES string of the molecule is COC(=O)Cc1c(OC(F)(F)F)cnc([N+](=O)[O-])c1C. The van der Waals surface area contributed by atoms with Crippen molar-refractivity contribution in [1.82, 2.24) is 4.98 Å². The van der Waals surface area contributed by atoms with Crippen molar-refractivity contribution in [3.63, 3.8) is 0 Å². The van der Waals surface area contributed by atoms with Crippen molar-refractivity contribution >= 4 is 11.8 Å². The lowest BCUT2D eigenvalue weighted by Crippen LogP contribution is -2.20. The van der Waals surface area contributed by atoms with Crippen LogP contribution in [0.5, 0.6) is 5.75 Å². The Balaban J connectivity index is 3.33. The lowest BCUT2D eigenvalue weighted by molar-refractivity contribution is -0.390. The van der Waals surface area contributed by atoms with Gasteiger partial charge in [-0.3, -0.25) is 4.79 Å². The van der Waals surface area contributed by atoms with Gasteiger partial charge in [0.25, 0.3) is 0 Å². The van der Waals surface area contributed by atoms with Crippen LogP contribution in [0.4, 0.5) is 19.0 Å². The van der Waals surface area contributed by atoms with Crippen molar-refractivity contribution in [3.05, 3.63) is 27.4 Å². The van der Waals surface area contributed by atoms with Crippen LogP contribution in [-0.4, -0.2) is 29.3 Å². The van der Waals surface area contributed by atoms with Crippen LogP contribution in [0, 0.1) is 17.0 Å². The minimum atomic E-state index is -5.00. The standard InChI is InChI=1S/C10H9F3N2O5/c1-5-6(3-8(16)19-2)7(20-10(11,12)13)4-14-9(5)15(17)18/h4H,3H2,1-2H3. The van der Waals surface area contributed by atoms with Crippen molar-refractivity contribution in [2.75, 3.05) is 7.11 Å². The van der Waals surface area contributed by atoms with Crippen LogP contribution >= 0.6 is 0 Å². The molecule has 0 N–H and O–H groups in total. The van der Waals surface area contributed by atoms with Crippen LogP contribution in [0.1, 0.15) is 11.1 Å². The quantitative estimate of drug-likeness (QED) is 0.478. The van der Waals surface area contributed by atoms with E-state index in [0.29, 0.717) is 6.20 Å². The highest BCUT2D eigenvalue weighted by atomic mass is 19.4. The Morgan fingerprint density at radius 1 is 1.50 bits per heavy atom. The van der Waals surface area contributed by atoms with E-state index in [1.807, 2.05) is 0 Å². The number of pyridine rings is 1. The Bertz CT molecular complexity index is 544. The van der Waals surface area contributed by atoms with E-state index in [2.05, 4.69) is 14.5 Å². The van der Waals surface area contributed by atoms with E-state index in [-0.39, 0.29) is 11.1 Å². The van der Waals surface area contributed by atoms with E-state index in [1.54, 1.807) is 0 Å². The summed E-state index contributed by atoms with van der Waals surface area (Å²) in [5.41, 5.74) is -0.488. The van der Waals surface area contributed by atoms with E-state index < -0.39 is 35.2 Å². The van der Waals surface area contributed by atoms with E-state index in [4.69, 9.17) is 0 Å². The molecule has 0 atom stereocenters.